The average Bonchev–Trinajstić information content (AvgIpc) is 2.71. The van der Waals surface area contributed by atoms with Gasteiger partial charge in [-0.2, -0.15) is 0 Å². The maximum Gasteiger partial charge on any atom is 0.329 e. The molecular formula is C11H17NO4. The second kappa shape index (κ2) is 6.30. The van der Waals surface area contributed by atoms with E-state index >= 15 is 0 Å². The van der Waals surface area contributed by atoms with Crippen LogP contribution in [0.5, 0.6) is 0 Å². The van der Waals surface area contributed by atoms with Crippen LogP contribution in [0.25, 0.3) is 0 Å². The van der Waals surface area contributed by atoms with Gasteiger partial charge in [-0.1, -0.05) is 6.92 Å². The smallest absolute Gasteiger partial charge is 0.329 e. The van der Waals surface area contributed by atoms with E-state index in [9.17, 15) is 4.79 Å². The molecule has 0 aliphatic heterocycles. The van der Waals surface area contributed by atoms with Crippen molar-refractivity contribution in [1.82, 2.24) is 5.32 Å². The van der Waals surface area contributed by atoms with Crippen LogP contribution in [0.15, 0.2) is 22.8 Å². The van der Waals surface area contributed by atoms with Crippen LogP contribution in [0.3, 0.4) is 0 Å². The van der Waals surface area contributed by atoms with Gasteiger partial charge >= 0.3 is 5.97 Å². The first-order chi connectivity index (χ1) is 7.65. The summed E-state index contributed by atoms with van der Waals surface area (Å²) in [6.45, 7) is 2.09. The zero-order valence-electron chi connectivity index (χ0n) is 9.47. The lowest BCUT2D eigenvalue weighted by molar-refractivity contribution is -0.142. The Balaban J connectivity index is 2.44. The Labute approximate surface area is 94.4 Å². The number of hydrogen-bond acceptors (Lipinski definition) is 4. The molecule has 16 heavy (non-hydrogen) atoms. The molecule has 1 rings (SSSR count). The normalized spacial score (nSPS) is 14.6. The second-order valence-electron chi connectivity index (χ2n) is 3.67. The molecule has 5 heteroatoms. The maximum atomic E-state index is 10.3. The lowest BCUT2D eigenvalue weighted by atomic mass is 10.0. The minimum absolute atomic E-state index is 0.0313. The third kappa shape index (κ3) is 3.67. The third-order valence-corrected chi connectivity index (χ3v) is 2.34. The lowest BCUT2D eigenvalue weighted by Gasteiger charge is -2.21. The fraction of sp³-hybridized carbons (Fsp3) is 0.545. The Kier molecular flexibility index (Phi) is 5.01. The summed E-state index contributed by atoms with van der Waals surface area (Å²) in [5, 5.41) is 11.6. The first-order valence-corrected chi connectivity index (χ1v) is 5.15. The molecule has 1 aromatic rings. The Hall–Kier alpha value is -1.33. The van der Waals surface area contributed by atoms with Crippen LogP contribution in [-0.2, 0) is 9.53 Å². The number of furan rings is 1. The Bertz CT molecular complexity index is 310. The molecule has 2 unspecified atom stereocenters. The molecule has 0 aliphatic carbocycles. The molecular weight excluding hydrogens is 210 g/mol. The van der Waals surface area contributed by atoms with E-state index in [1.54, 1.807) is 6.26 Å². The van der Waals surface area contributed by atoms with Gasteiger partial charge in [-0.3, -0.25) is 0 Å². The molecule has 0 aliphatic rings. The Morgan fingerprint density at radius 2 is 2.44 bits per heavy atom. The highest BCUT2D eigenvalue weighted by Crippen LogP contribution is 2.21. The number of hydrogen-bond donors (Lipinski definition) is 2. The SMILES string of the molecule is CNC(c1ccco1)C(C)COCC(=O)O. The summed E-state index contributed by atoms with van der Waals surface area (Å²) in [7, 11) is 1.83. The summed E-state index contributed by atoms with van der Waals surface area (Å²) in [5.74, 6) is 0.00984. The molecule has 1 aromatic heterocycles. The van der Waals surface area contributed by atoms with Crippen LogP contribution in [0.1, 0.15) is 18.7 Å². The first kappa shape index (κ1) is 12.7. The van der Waals surface area contributed by atoms with Gasteiger partial charge in [-0.05, 0) is 19.2 Å². The van der Waals surface area contributed by atoms with Crippen LogP contribution in [0, 0.1) is 5.92 Å². The molecule has 0 aromatic carbocycles. The molecule has 2 atom stereocenters. The van der Waals surface area contributed by atoms with Crippen molar-refractivity contribution in [3.63, 3.8) is 0 Å². The van der Waals surface area contributed by atoms with Crippen LogP contribution in [0.4, 0.5) is 0 Å². The van der Waals surface area contributed by atoms with E-state index in [-0.39, 0.29) is 18.6 Å². The third-order valence-electron chi connectivity index (χ3n) is 2.34. The number of aliphatic carboxylic acids is 1. The van der Waals surface area contributed by atoms with E-state index in [1.807, 2.05) is 26.1 Å². The topological polar surface area (TPSA) is 71.7 Å². The van der Waals surface area contributed by atoms with Gasteiger partial charge in [0.1, 0.15) is 12.4 Å². The van der Waals surface area contributed by atoms with Gasteiger partial charge in [-0.15, -0.1) is 0 Å². The predicted octanol–water partition coefficient (Wildman–Crippen LogP) is 1.28. The van der Waals surface area contributed by atoms with Crippen molar-refractivity contribution in [1.29, 1.82) is 0 Å². The van der Waals surface area contributed by atoms with Crippen molar-refractivity contribution < 1.29 is 19.1 Å². The molecule has 0 spiro atoms. The van der Waals surface area contributed by atoms with Gasteiger partial charge in [0.15, 0.2) is 0 Å². The van der Waals surface area contributed by atoms with Crippen LogP contribution in [-0.4, -0.2) is 31.3 Å². The molecule has 90 valence electrons. The van der Waals surface area contributed by atoms with Crippen molar-refractivity contribution in [2.45, 2.75) is 13.0 Å². The van der Waals surface area contributed by atoms with Crippen LogP contribution < -0.4 is 5.32 Å². The first-order valence-electron chi connectivity index (χ1n) is 5.15. The van der Waals surface area contributed by atoms with Crippen molar-refractivity contribution in [2.24, 2.45) is 5.92 Å². The minimum atomic E-state index is -0.953. The molecule has 0 bridgehead atoms. The van der Waals surface area contributed by atoms with E-state index in [0.29, 0.717) is 6.61 Å². The standard InChI is InChI=1S/C11H17NO4/c1-8(6-15-7-10(13)14)11(12-2)9-4-3-5-16-9/h3-5,8,11-12H,6-7H2,1-2H3,(H,13,14). The van der Waals surface area contributed by atoms with E-state index < -0.39 is 5.97 Å². The fourth-order valence-corrected chi connectivity index (χ4v) is 1.60. The molecule has 0 saturated heterocycles. The van der Waals surface area contributed by atoms with E-state index in [0.717, 1.165) is 5.76 Å². The van der Waals surface area contributed by atoms with Gasteiger partial charge in [-0.25, -0.2) is 4.79 Å². The van der Waals surface area contributed by atoms with Gasteiger partial charge in [0.25, 0.3) is 0 Å². The summed E-state index contributed by atoms with van der Waals surface area (Å²) >= 11 is 0. The van der Waals surface area contributed by atoms with E-state index in [1.165, 1.54) is 0 Å². The van der Waals surface area contributed by atoms with E-state index in [2.05, 4.69) is 5.32 Å². The van der Waals surface area contributed by atoms with Crippen LogP contribution in [0.2, 0.25) is 0 Å². The highest BCUT2D eigenvalue weighted by atomic mass is 16.5. The monoisotopic (exact) mass is 227 g/mol. The van der Waals surface area contributed by atoms with Gasteiger partial charge in [0.2, 0.25) is 0 Å². The second-order valence-corrected chi connectivity index (χ2v) is 3.67. The minimum Gasteiger partial charge on any atom is -0.480 e. The largest absolute Gasteiger partial charge is 0.480 e. The van der Waals surface area contributed by atoms with Gasteiger partial charge < -0.3 is 19.6 Å². The van der Waals surface area contributed by atoms with Crippen LogP contribution >= 0.6 is 0 Å². The zero-order valence-corrected chi connectivity index (χ0v) is 9.47. The molecule has 0 saturated carbocycles. The Morgan fingerprint density at radius 1 is 1.69 bits per heavy atom. The molecule has 0 fully saturated rings. The van der Waals surface area contributed by atoms with E-state index in [4.69, 9.17) is 14.3 Å². The number of carbonyl (C=O) groups is 1. The molecule has 2 N–H and O–H groups in total. The molecule has 0 radical (unpaired) electrons. The number of carboxylic acids is 1. The highest BCUT2D eigenvalue weighted by molar-refractivity contribution is 5.67. The van der Waals surface area contributed by atoms with Gasteiger partial charge in [0.05, 0.1) is 18.9 Å². The summed E-state index contributed by atoms with van der Waals surface area (Å²) in [4.78, 5) is 10.3. The van der Waals surface area contributed by atoms with Crippen molar-refractivity contribution in [3.8, 4) is 0 Å². The predicted molar refractivity (Wildman–Crippen MR) is 58.1 cm³/mol. The fourth-order valence-electron chi connectivity index (χ4n) is 1.60. The molecule has 0 amide bonds. The number of ether oxygens (including phenoxy) is 1. The maximum absolute atomic E-state index is 10.3. The lowest BCUT2D eigenvalue weighted by Crippen LogP contribution is -2.27. The highest BCUT2D eigenvalue weighted by Gasteiger charge is 2.20. The summed E-state index contributed by atoms with van der Waals surface area (Å²) in [6.07, 6.45) is 1.62. The number of carboxylic acid groups (broad SMARTS) is 1. The summed E-state index contributed by atoms with van der Waals surface area (Å²) in [5.41, 5.74) is 0. The zero-order chi connectivity index (χ0) is 12.0. The number of rotatable bonds is 7. The van der Waals surface area contributed by atoms with Crippen molar-refractivity contribution >= 4 is 5.97 Å². The van der Waals surface area contributed by atoms with Gasteiger partial charge in [0, 0.05) is 5.92 Å². The summed E-state index contributed by atoms with van der Waals surface area (Å²) < 4.78 is 10.4. The summed E-state index contributed by atoms with van der Waals surface area (Å²) in [6, 6.07) is 3.74. The van der Waals surface area contributed by atoms with Crippen molar-refractivity contribution in [3.05, 3.63) is 24.2 Å². The quantitative estimate of drug-likeness (QED) is 0.734. The average molecular weight is 227 g/mol. The van der Waals surface area contributed by atoms with Crippen molar-refractivity contribution in [2.75, 3.05) is 20.3 Å². The Morgan fingerprint density at radius 3 is 2.94 bits per heavy atom. The number of nitrogens with one attached hydrogen (secondary N) is 1. The molecule has 1 heterocycles. The molecule has 5 nitrogen and oxygen atoms in total.